The lowest BCUT2D eigenvalue weighted by Gasteiger charge is -2.26. The number of aliphatic hydroxyl groups is 1. The standard InChI is InChI=1S/C18H21N5O2/c1-25-14-7-5-11(6-8-14)15-16-17(20-10-19-16)23-18(22-15)21-12-3-2-4-13(24)9-12/h5-8,10,12-13,24H,2-4,9H2,1H3,(H2,19,20,21,22,23)/t12?,13-/m0/s1. The number of hydrogen-bond donors (Lipinski definition) is 3. The minimum Gasteiger partial charge on any atom is -0.497 e. The van der Waals surface area contributed by atoms with Crippen molar-refractivity contribution in [2.45, 2.75) is 37.8 Å². The van der Waals surface area contributed by atoms with Crippen LogP contribution in [-0.4, -0.2) is 44.3 Å². The number of aromatic amines is 1. The van der Waals surface area contributed by atoms with E-state index in [1.165, 1.54) is 0 Å². The summed E-state index contributed by atoms with van der Waals surface area (Å²) >= 11 is 0. The number of anilines is 1. The van der Waals surface area contributed by atoms with Crippen LogP contribution in [0.1, 0.15) is 25.7 Å². The Kier molecular flexibility index (Phi) is 4.23. The molecule has 0 amide bonds. The molecule has 1 fully saturated rings. The number of imidazole rings is 1. The Morgan fingerprint density at radius 2 is 2.04 bits per heavy atom. The number of nitrogens with zero attached hydrogens (tertiary/aromatic N) is 3. The van der Waals surface area contributed by atoms with Crippen LogP contribution in [0.15, 0.2) is 30.6 Å². The molecule has 2 atom stereocenters. The molecule has 2 aromatic heterocycles. The van der Waals surface area contributed by atoms with Gasteiger partial charge in [-0.05, 0) is 49.9 Å². The molecule has 25 heavy (non-hydrogen) atoms. The van der Waals surface area contributed by atoms with Crippen LogP contribution in [0.25, 0.3) is 22.4 Å². The molecule has 1 saturated carbocycles. The molecule has 1 aliphatic rings. The average Bonchev–Trinajstić information content (AvgIpc) is 3.10. The highest BCUT2D eigenvalue weighted by Gasteiger charge is 2.21. The Labute approximate surface area is 145 Å². The molecular weight excluding hydrogens is 318 g/mol. The van der Waals surface area contributed by atoms with Gasteiger partial charge in [-0.15, -0.1) is 0 Å². The number of aromatic nitrogens is 4. The number of rotatable bonds is 4. The molecule has 130 valence electrons. The second-order valence-corrected chi connectivity index (χ2v) is 6.39. The van der Waals surface area contributed by atoms with Crippen LogP contribution in [0.2, 0.25) is 0 Å². The third-order valence-electron chi connectivity index (χ3n) is 4.62. The molecule has 1 aliphatic carbocycles. The van der Waals surface area contributed by atoms with Gasteiger partial charge in [0.1, 0.15) is 17.0 Å². The van der Waals surface area contributed by atoms with Crippen molar-refractivity contribution in [2.24, 2.45) is 0 Å². The number of fused-ring (bicyclic) bond motifs is 1. The van der Waals surface area contributed by atoms with Crippen molar-refractivity contribution in [3.8, 4) is 17.0 Å². The van der Waals surface area contributed by atoms with E-state index in [2.05, 4.69) is 20.3 Å². The molecule has 7 heteroatoms. The Bertz CT molecular complexity index is 862. The Morgan fingerprint density at radius 1 is 1.20 bits per heavy atom. The highest BCUT2D eigenvalue weighted by molar-refractivity contribution is 5.88. The molecule has 0 aliphatic heterocycles. The zero-order chi connectivity index (χ0) is 17.2. The number of H-pyrrole nitrogens is 1. The maximum Gasteiger partial charge on any atom is 0.225 e. The van der Waals surface area contributed by atoms with Crippen LogP contribution in [0.4, 0.5) is 5.95 Å². The van der Waals surface area contributed by atoms with Crippen molar-refractivity contribution in [3.05, 3.63) is 30.6 Å². The minimum atomic E-state index is -0.247. The molecule has 2 heterocycles. The summed E-state index contributed by atoms with van der Waals surface area (Å²) in [5.41, 5.74) is 3.15. The van der Waals surface area contributed by atoms with Gasteiger partial charge in [0.2, 0.25) is 5.95 Å². The van der Waals surface area contributed by atoms with Gasteiger partial charge in [0.15, 0.2) is 5.65 Å². The molecule has 0 spiro atoms. The van der Waals surface area contributed by atoms with Crippen molar-refractivity contribution >= 4 is 17.1 Å². The lowest BCUT2D eigenvalue weighted by molar-refractivity contribution is 0.124. The number of benzene rings is 1. The van der Waals surface area contributed by atoms with Crippen LogP contribution in [0.5, 0.6) is 5.75 Å². The fraction of sp³-hybridized carbons (Fsp3) is 0.389. The molecule has 3 N–H and O–H groups in total. The number of aliphatic hydroxyl groups excluding tert-OH is 1. The highest BCUT2D eigenvalue weighted by atomic mass is 16.5. The maximum absolute atomic E-state index is 9.87. The Morgan fingerprint density at radius 3 is 2.80 bits per heavy atom. The third-order valence-corrected chi connectivity index (χ3v) is 4.62. The minimum absolute atomic E-state index is 0.188. The van der Waals surface area contributed by atoms with E-state index in [1.54, 1.807) is 13.4 Å². The highest BCUT2D eigenvalue weighted by Crippen LogP contribution is 2.28. The summed E-state index contributed by atoms with van der Waals surface area (Å²) in [6.07, 6.45) is 5.00. The van der Waals surface area contributed by atoms with E-state index in [4.69, 9.17) is 9.72 Å². The van der Waals surface area contributed by atoms with Gasteiger partial charge in [-0.25, -0.2) is 9.97 Å². The third kappa shape index (κ3) is 3.28. The number of ether oxygens (including phenoxy) is 1. The predicted molar refractivity (Wildman–Crippen MR) is 95.6 cm³/mol. The number of nitrogens with one attached hydrogen (secondary N) is 2. The predicted octanol–water partition coefficient (Wildman–Crippen LogP) is 2.74. The second kappa shape index (κ2) is 6.68. The smallest absolute Gasteiger partial charge is 0.225 e. The van der Waals surface area contributed by atoms with Crippen LogP contribution in [0.3, 0.4) is 0 Å². The normalized spacial score (nSPS) is 20.6. The Balaban J connectivity index is 1.69. The quantitative estimate of drug-likeness (QED) is 0.676. The van der Waals surface area contributed by atoms with Gasteiger partial charge in [-0.2, -0.15) is 4.98 Å². The average molecular weight is 339 g/mol. The zero-order valence-corrected chi connectivity index (χ0v) is 14.1. The zero-order valence-electron chi connectivity index (χ0n) is 14.1. The van der Waals surface area contributed by atoms with Crippen molar-refractivity contribution in [1.82, 2.24) is 19.9 Å². The van der Waals surface area contributed by atoms with Gasteiger partial charge in [-0.1, -0.05) is 0 Å². The molecule has 7 nitrogen and oxygen atoms in total. The summed E-state index contributed by atoms with van der Waals surface area (Å²) in [6.45, 7) is 0. The van der Waals surface area contributed by atoms with E-state index in [9.17, 15) is 5.11 Å². The van der Waals surface area contributed by atoms with Gasteiger partial charge >= 0.3 is 0 Å². The fourth-order valence-corrected chi connectivity index (χ4v) is 3.33. The summed E-state index contributed by atoms with van der Waals surface area (Å²) in [6, 6.07) is 7.92. The number of methoxy groups -OCH3 is 1. The van der Waals surface area contributed by atoms with E-state index < -0.39 is 0 Å². The van der Waals surface area contributed by atoms with Gasteiger partial charge in [0, 0.05) is 11.6 Å². The summed E-state index contributed by atoms with van der Waals surface area (Å²) in [5, 5.41) is 13.2. The molecule has 4 rings (SSSR count). The molecule has 3 aromatic rings. The molecule has 0 bridgehead atoms. The van der Waals surface area contributed by atoms with Crippen LogP contribution < -0.4 is 10.1 Å². The van der Waals surface area contributed by atoms with Crippen molar-refractivity contribution in [1.29, 1.82) is 0 Å². The first kappa shape index (κ1) is 15.8. The summed E-state index contributed by atoms with van der Waals surface area (Å²) in [7, 11) is 1.65. The molecule has 1 aromatic carbocycles. The van der Waals surface area contributed by atoms with Crippen molar-refractivity contribution in [3.63, 3.8) is 0 Å². The van der Waals surface area contributed by atoms with E-state index >= 15 is 0 Å². The SMILES string of the molecule is COc1ccc(-c2nc(NC3CCC[C@H](O)C3)nc3[nH]cnc23)cc1. The van der Waals surface area contributed by atoms with Gasteiger partial charge in [-0.3, -0.25) is 0 Å². The molecule has 0 radical (unpaired) electrons. The van der Waals surface area contributed by atoms with E-state index in [1.807, 2.05) is 24.3 Å². The maximum atomic E-state index is 9.87. The molecule has 0 saturated heterocycles. The Hall–Kier alpha value is -2.67. The summed E-state index contributed by atoms with van der Waals surface area (Å²) in [4.78, 5) is 16.6. The lowest BCUT2D eigenvalue weighted by Crippen LogP contribution is -2.30. The topological polar surface area (TPSA) is 96.0 Å². The van der Waals surface area contributed by atoms with Gasteiger partial charge < -0.3 is 20.1 Å². The second-order valence-electron chi connectivity index (χ2n) is 6.39. The van der Waals surface area contributed by atoms with Gasteiger partial charge in [0.25, 0.3) is 0 Å². The van der Waals surface area contributed by atoms with Crippen molar-refractivity contribution in [2.75, 3.05) is 12.4 Å². The molecular formula is C18H21N5O2. The lowest BCUT2D eigenvalue weighted by atomic mass is 9.93. The molecule has 1 unspecified atom stereocenters. The largest absolute Gasteiger partial charge is 0.497 e. The first-order valence-electron chi connectivity index (χ1n) is 8.53. The van der Waals surface area contributed by atoms with E-state index in [0.717, 1.165) is 48.2 Å². The first-order valence-corrected chi connectivity index (χ1v) is 8.53. The summed E-state index contributed by atoms with van der Waals surface area (Å²) < 4.78 is 5.22. The van der Waals surface area contributed by atoms with Crippen LogP contribution >= 0.6 is 0 Å². The van der Waals surface area contributed by atoms with E-state index in [-0.39, 0.29) is 12.1 Å². The van der Waals surface area contributed by atoms with Crippen LogP contribution in [-0.2, 0) is 0 Å². The number of hydrogen-bond acceptors (Lipinski definition) is 6. The van der Waals surface area contributed by atoms with Crippen LogP contribution in [0, 0.1) is 0 Å². The van der Waals surface area contributed by atoms with Gasteiger partial charge in [0.05, 0.1) is 19.5 Å². The monoisotopic (exact) mass is 339 g/mol. The summed E-state index contributed by atoms with van der Waals surface area (Å²) in [5.74, 6) is 1.35. The van der Waals surface area contributed by atoms with E-state index in [0.29, 0.717) is 11.6 Å². The first-order chi connectivity index (χ1) is 12.2. The fourth-order valence-electron chi connectivity index (χ4n) is 3.33. The van der Waals surface area contributed by atoms with Crippen molar-refractivity contribution < 1.29 is 9.84 Å².